The molecule has 4 rings (SSSR count). The predicted molar refractivity (Wildman–Crippen MR) is 102 cm³/mol. The van der Waals surface area contributed by atoms with Crippen LogP contribution in [0.15, 0.2) is 93.2 Å². The van der Waals surface area contributed by atoms with Crippen molar-refractivity contribution in [3.8, 4) is 17.1 Å². The highest BCUT2D eigenvalue weighted by Crippen LogP contribution is 2.31. The average Bonchev–Trinajstić information content (AvgIpc) is 2.66. The molecule has 25 heavy (non-hydrogen) atoms. The second-order valence-electron chi connectivity index (χ2n) is 5.59. The average molecular weight is 345 g/mol. The predicted octanol–water partition coefficient (Wildman–Crippen LogP) is 5.33. The van der Waals surface area contributed by atoms with Crippen molar-refractivity contribution >= 4 is 29.3 Å². The van der Waals surface area contributed by atoms with Crippen molar-refractivity contribution < 1.29 is 9.52 Å². The van der Waals surface area contributed by atoms with Crippen molar-refractivity contribution in [2.75, 3.05) is 0 Å². The molecule has 0 aliphatic heterocycles. The first-order chi connectivity index (χ1) is 12.2. The van der Waals surface area contributed by atoms with Crippen molar-refractivity contribution in [2.45, 2.75) is 4.90 Å². The molecule has 1 aromatic heterocycles. The summed E-state index contributed by atoms with van der Waals surface area (Å²) < 4.78 is 5.96. The summed E-state index contributed by atoms with van der Waals surface area (Å²) in [6.45, 7) is 0. The van der Waals surface area contributed by atoms with Gasteiger partial charge in [-0.15, -0.1) is 12.6 Å². The van der Waals surface area contributed by atoms with E-state index in [0.29, 0.717) is 22.4 Å². The molecular formula is C21H15NO2S. The Bertz CT molecular complexity index is 1120. The highest BCUT2D eigenvalue weighted by atomic mass is 32.1. The number of hydrogen-bond acceptors (Lipinski definition) is 4. The summed E-state index contributed by atoms with van der Waals surface area (Å²) in [7, 11) is 0. The van der Waals surface area contributed by atoms with E-state index in [1.54, 1.807) is 0 Å². The zero-order valence-electron chi connectivity index (χ0n) is 13.3. The minimum atomic E-state index is 0.0153. The summed E-state index contributed by atoms with van der Waals surface area (Å²) in [5.74, 6) is 0.413. The largest absolute Gasteiger partial charge is 0.503 e. The Hall–Kier alpha value is -2.98. The molecule has 4 aromatic rings. The Morgan fingerprint density at radius 2 is 1.48 bits per heavy atom. The first-order valence-corrected chi connectivity index (χ1v) is 8.32. The van der Waals surface area contributed by atoms with Gasteiger partial charge in [-0.1, -0.05) is 54.6 Å². The van der Waals surface area contributed by atoms with E-state index in [2.05, 4.69) is 17.6 Å². The molecule has 1 heterocycles. The van der Waals surface area contributed by atoms with Crippen LogP contribution in [0.1, 0.15) is 0 Å². The van der Waals surface area contributed by atoms with Crippen LogP contribution >= 0.6 is 12.6 Å². The Kier molecular flexibility index (Phi) is 4.04. The van der Waals surface area contributed by atoms with Crippen LogP contribution in [-0.4, -0.2) is 5.11 Å². The quantitative estimate of drug-likeness (QED) is 0.483. The normalized spacial score (nSPS) is 11.8. The summed E-state index contributed by atoms with van der Waals surface area (Å²) in [4.78, 5) is 5.41. The SMILES string of the molecule is Oc1c(-c2ccccc2)oc2ccccc2c1=Nc1ccccc1S. The maximum atomic E-state index is 10.9. The van der Waals surface area contributed by atoms with Gasteiger partial charge in [-0.25, -0.2) is 4.99 Å². The summed E-state index contributed by atoms with van der Waals surface area (Å²) in [5.41, 5.74) is 2.15. The number of para-hydroxylation sites is 2. The van der Waals surface area contributed by atoms with Crippen molar-refractivity contribution in [1.82, 2.24) is 0 Å². The van der Waals surface area contributed by atoms with E-state index >= 15 is 0 Å². The number of benzene rings is 3. The molecule has 0 fully saturated rings. The molecule has 3 aromatic carbocycles. The van der Waals surface area contributed by atoms with Gasteiger partial charge in [0.1, 0.15) is 10.9 Å². The van der Waals surface area contributed by atoms with Crippen LogP contribution in [0.5, 0.6) is 5.75 Å². The molecule has 0 saturated heterocycles. The van der Waals surface area contributed by atoms with Crippen molar-refractivity contribution in [3.63, 3.8) is 0 Å². The lowest BCUT2D eigenvalue weighted by molar-refractivity contribution is 0.447. The molecule has 4 heteroatoms. The van der Waals surface area contributed by atoms with Gasteiger partial charge >= 0.3 is 0 Å². The fraction of sp³-hybridized carbons (Fsp3) is 0. The summed E-state index contributed by atoms with van der Waals surface area (Å²) in [6, 6.07) is 24.6. The lowest BCUT2D eigenvalue weighted by atomic mass is 10.1. The van der Waals surface area contributed by atoms with E-state index in [-0.39, 0.29) is 5.75 Å². The number of thiol groups is 1. The summed E-state index contributed by atoms with van der Waals surface area (Å²) in [6.07, 6.45) is 0. The van der Waals surface area contributed by atoms with Gasteiger partial charge in [0.05, 0.1) is 5.69 Å². The van der Waals surface area contributed by atoms with Gasteiger partial charge in [-0.2, -0.15) is 0 Å². The first-order valence-electron chi connectivity index (χ1n) is 7.87. The third-order valence-corrected chi connectivity index (χ3v) is 4.32. The van der Waals surface area contributed by atoms with Crippen LogP contribution < -0.4 is 5.36 Å². The van der Waals surface area contributed by atoms with Crippen molar-refractivity contribution in [1.29, 1.82) is 0 Å². The number of aromatic hydroxyl groups is 1. The molecule has 0 aliphatic rings. The molecule has 0 spiro atoms. The Morgan fingerprint density at radius 3 is 2.28 bits per heavy atom. The fourth-order valence-corrected chi connectivity index (χ4v) is 2.93. The Labute approximate surface area is 150 Å². The molecule has 0 aliphatic carbocycles. The van der Waals surface area contributed by atoms with Gasteiger partial charge in [-0.05, 0) is 24.3 Å². The van der Waals surface area contributed by atoms with E-state index in [1.165, 1.54) is 0 Å². The van der Waals surface area contributed by atoms with Gasteiger partial charge < -0.3 is 9.52 Å². The summed E-state index contributed by atoms with van der Waals surface area (Å²) in [5, 5.41) is 12.1. The number of rotatable bonds is 2. The van der Waals surface area contributed by atoms with Crippen LogP contribution in [0.3, 0.4) is 0 Å². The number of fused-ring (bicyclic) bond motifs is 1. The molecule has 0 amide bonds. The zero-order valence-corrected chi connectivity index (χ0v) is 14.1. The zero-order chi connectivity index (χ0) is 17.2. The Morgan fingerprint density at radius 1 is 0.800 bits per heavy atom. The third kappa shape index (κ3) is 2.92. The molecule has 0 radical (unpaired) electrons. The minimum Gasteiger partial charge on any atom is -0.503 e. The molecule has 1 N–H and O–H groups in total. The van der Waals surface area contributed by atoms with Crippen molar-refractivity contribution in [2.24, 2.45) is 4.99 Å². The van der Waals surface area contributed by atoms with Gasteiger partial charge in [-0.3, -0.25) is 0 Å². The van der Waals surface area contributed by atoms with Gasteiger partial charge in [0, 0.05) is 15.8 Å². The second kappa shape index (κ2) is 6.49. The van der Waals surface area contributed by atoms with E-state index < -0.39 is 0 Å². The van der Waals surface area contributed by atoms with Gasteiger partial charge in [0.15, 0.2) is 11.5 Å². The van der Waals surface area contributed by atoms with Gasteiger partial charge in [0.25, 0.3) is 0 Å². The topological polar surface area (TPSA) is 45.7 Å². The highest BCUT2D eigenvalue weighted by molar-refractivity contribution is 7.80. The second-order valence-corrected chi connectivity index (χ2v) is 6.07. The smallest absolute Gasteiger partial charge is 0.186 e. The molecule has 0 bridgehead atoms. The fourth-order valence-electron chi connectivity index (χ4n) is 2.72. The maximum absolute atomic E-state index is 10.9. The van der Waals surface area contributed by atoms with E-state index in [0.717, 1.165) is 15.8 Å². The monoisotopic (exact) mass is 345 g/mol. The van der Waals surface area contributed by atoms with Gasteiger partial charge in [0.2, 0.25) is 0 Å². The lowest BCUT2D eigenvalue weighted by Crippen LogP contribution is -2.05. The third-order valence-electron chi connectivity index (χ3n) is 3.94. The molecule has 122 valence electrons. The van der Waals surface area contributed by atoms with Crippen LogP contribution in [0, 0.1) is 0 Å². The molecule has 0 atom stereocenters. The molecule has 3 nitrogen and oxygen atoms in total. The van der Waals surface area contributed by atoms with Crippen LogP contribution in [0.2, 0.25) is 0 Å². The number of hydrogen-bond donors (Lipinski definition) is 2. The first kappa shape index (κ1) is 15.5. The summed E-state index contributed by atoms with van der Waals surface area (Å²) >= 11 is 4.45. The van der Waals surface area contributed by atoms with Crippen molar-refractivity contribution in [3.05, 3.63) is 84.2 Å². The van der Waals surface area contributed by atoms with E-state index in [9.17, 15) is 5.11 Å². The van der Waals surface area contributed by atoms with E-state index in [4.69, 9.17) is 4.42 Å². The molecular weight excluding hydrogens is 330 g/mol. The van der Waals surface area contributed by atoms with Crippen LogP contribution in [0.4, 0.5) is 5.69 Å². The molecule has 0 unspecified atom stereocenters. The number of nitrogens with zero attached hydrogens (tertiary/aromatic N) is 1. The lowest BCUT2D eigenvalue weighted by Gasteiger charge is -2.08. The Balaban J connectivity index is 2.09. The van der Waals surface area contributed by atoms with Crippen LogP contribution in [-0.2, 0) is 0 Å². The standard InChI is InChI=1S/C21H15NO2S/c23-20-19(22-16-11-5-7-13-18(16)25)15-10-4-6-12-17(15)24-21(20)14-8-2-1-3-9-14/h1-13,23,25H. The minimum absolute atomic E-state index is 0.0153. The maximum Gasteiger partial charge on any atom is 0.186 e. The highest BCUT2D eigenvalue weighted by Gasteiger charge is 2.14. The van der Waals surface area contributed by atoms with Crippen LogP contribution in [0.25, 0.3) is 22.3 Å². The molecule has 0 saturated carbocycles. The van der Waals surface area contributed by atoms with E-state index in [1.807, 2.05) is 78.9 Å².